The molecule has 13 rings (SSSR count). The van der Waals surface area contributed by atoms with E-state index in [1.165, 1.54) is 130 Å². The summed E-state index contributed by atoms with van der Waals surface area (Å²) in [5, 5.41) is 15.4. The topological polar surface area (TPSA) is 0 Å². The summed E-state index contributed by atoms with van der Waals surface area (Å²) in [4.78, 5) is 0. The van der Waals surface area contributed by atoms with Crippen molar-refractivity contribution in [2.75, 3.05) is 0 Å². The lowest BCUT2D eigenvalue weighted by molar-refractivity contribution is 0.661. The van der Waals surface area contributed by atoms with E-state index in [0.717, 1.165) is 0 Å². The maximum absolute atomic E-state index is 2.47. The zero-order chi connectivity index (χ0) is 39.7. The minimum absolute atomic E-state index is 0.00426. The molecule has 0 fully saturated rings. The molecule has 0 spiro atoms. The summed E-state index contributed by atoms with van der Waals surface area (Å²) in [5.41, 5.74) is 13.2. The highest BCUT2D eigenvalue weighted by molar-refractivity contribution is 7.25. The van der Waals surface area contributed by atoms with E-state index in [-0.39, 0.29) is 5.41 Å². The fourth-order valence-electron chi connectivity index (χ4n) is 10.6. The Morgan fingerprint density at radius 3 is 1.55 bits per heavy atom. The molecule has 1 aromatic heterocycles. The van der Waals surface area contributed by atoms with Crippen LogP contribution in [0.4, 0.5) is 0 Å². The Morgan fingerprint density at radius 1 is 0.300 bits per heavy atom. The molecule has 0 saturated heterocycles. The van der Waals surface area contributed by atoms with Gasteiger partial charge in [-0.25, -0.2) is 0 Å². The van der Waals surface area contributed by atoms with E-state index in [9.17, 15) is 0 Å². The molecule has 0 radical (unpaired) electrons. The van der Waals surface area contributed by atoms with Gasteiger partial charge in [0.15, 0.2) is 0 Å². The molecule has 280 valence electrons. The minimum Gasteiger partial charge on any atom is -0.135 e. The second-order valence-electron chi connectivity index (χ2n) is 17.2. The van der Waals surface area contributed by atoms with Crippen LogP contribution in [0.5, 0.6) is 0 Å². The van der Waals surface area contributed by atoms with Crippen molar-refractivity contribution in [2.24, 2.45) is 0 Å². The van der Waals surface area contributed by atoms with Crippen LogP contribution in [-0.4, -0.2) is 0 Å². The Labute approximate surface area is 352 Å². The van der Waals surface area contributed by atoms with Crippen molar-refractivity contribution in [3.63, 3.8) is 0 Å². The van der Waals surface area contributed by atoms with Crippen molar-refractivity contribution in [2.45, 2.75) is 19.3 Å². The van der Waals surface area contributed by atoms with Crippen LogP contribution in [0, 0.1) is 0 Å². The van der Waals surface area contributed by atoms with Gasteiger partial charge in [-0.15, -0.1) is 11.3 Å². The normalized spacial score (nSPS) is 13.3. The highest BCUT2D eigenvalue weighted by Crippen LogP contribution is 2.52. The molecular weight excluding hydrogens is 741 g/mol. The number of thiophene rings is 1. The summed E-state index contributed by atoms with van der Waals surface area (Å²) in [6.45, 7) is 4.74. The van der Waals surface area contributed by atoms with Crippen molar-refractivity contribution >= 4 is 85.4 Å². The first-order valence-electron chi connectivity index (χ1n) is 21.0. The first-order chi connectivity index (χ1) is 29.5. The van der Waals surface area contributed by atoms with Crippen LogP contribution in [0.25, 0.3) is 119 Å². The van der Waals surface area contributed by atoms with Gasteiger partial charge in [0, 0.05) is 25.6 Å². The molecule has 12 aromatic rings. The third kappa shape index (κ3) is 4.84. The molecule has 0 saturated carbocycles. The molecule has 0 N–H and O–H groups in total. The zero-order valence-electron chi connectivity index (χ0n) is 33.4. The van der Waals surface area contributed by atoms with Gasteiger partial charge in [-0.05, 0) is 152 Å². The molecule has 1 aliphatic carbocycles. The van der Waals surface area contributed by atoms with Crippen LogP contribution in [0.3, 0.4) is 0 Å². The maximum Gasteiger partial charge on any atom is 0.0361 e. The number of hydrogen-bond acceptors (Lipinski definition) is 1. The van der Waals surface area contributed by atoms with E-state index in [4.69, 9.17) is 0 Å². The molecule has 1 heteroatoms. The fourth-order valence-corrected chi connectivity index (χ4v) is 11.8. The van der Waals surface area contributed by atoms with Gasteiger partial charge in [0.05, 0.1) is 0 Å². The SMILES string of the molecule is CC1(C)c2ccccc2-c2cc3c(cc21)sc1cc2cc(-c4ccc5cc(-c6c7ccccc7c(-c7cccc8ccccc78)c7ccccc67)ccc5c4)ccc2cc13. The zero-order valence-corrected chi connectivity index (χ0v) is 34.2. The van der Waals surface area contributed by atoms with Gasteiger partial charge in [-0.3, -0.25) is 0 Å². The van der Waals surface area contributed by atoms with Gasteiger partial charge in [0.25, 0.3) is 0 Å². The standard InChI is InChI=1S/C59H38S/c1-59(2)53-21-10-9-15-44(53)50-33-52-51-31-40-25-24-39(30-42(40)32-55(51)60-56(52)34-54(50)59)36-22-23-38-29-41(27-26-37(38)28-36)57-46-16-5-7-18-48(46)58(49-19-8-6-17-47(49)57)45-20-11-13-35-12-3-4-14-43(35)45/h3-34H,1-2H3. The van der Waals surface area contributed by atoms with Crippen LogP contribution in [0.2, 0.25) is 0 Å². The van der Waals surface area contributed by atoms with Crippen molar-refractivity contribution in [1.82, 2.24) is 0 Å². The van der Waals surface area contributed by atoms with Gasteiger partial charge in [0.2, 0.25) is 0 Å². The minimum atomic E-state index is 0.00426. The first kappa shape index (κ1) is 33.9. The molecule has 0 nitrogen and oxygen atoms in total. The third-order valence-corrected chi connectivity index (χ3v) is 14.7. The average molecular weight is 779 g/mol. The monoisotopic (exact) mass is 778 g/mol. The van der Waals surface area contributed by atoms with Crippen molar-refractivity contribution in [1.29, 1.82) is 0 Å². The lowest BCUT2D eigenvalue weighted by Crippen LogP contribution is -2.14. The van der Waals surface area contributed by atoms with Crippen LogP contribution in [0.15, 0.2) is 194 Å². The Balaban J connectivity index is 0.906. The van der Waals surface area contributed by atoms with Gasteiger partial charge >= 0.3 is 0 Å². The van der Waals surface area contributed by atoms with Crippen LogP contribution in [-0.2, 0) is 5.41 Å². The first-order valence-corrected chi connectivity index (χ1v) is 21.8. The molecule has 0 atom stereocenters. The summed E-state index contributed by atoms with van der Waals surface area (Å²) in [6, 6.07) is 73.1. The molecule has 0 unspecified atom stereocenters. The highest BCUT2D eigenvalue weighted by Gasteiger charge is 2.35. The number of rotatable bonds is 3. The van der Waals surface area contributed by atoms with Crippen molar-refractivity contribution < 1.29 is 0 Å². The van der Waals surface area contributed by atoms with Gasteiger partial charge in [-0.2, -0.15) is 0 Å². The average Bonchev–Trinajstić information content (AvgIpc) is 3.75. The second kappa shape index (κ2) is 12.5. The van der Waals surface area contributed by atoms with E-state index in [1.807, 2.05) is 11.3 Å². The lowest BCUT2D eigenvalue weighted by Gasteiger charge is -2.21. The molecule has 60 heavy (non-hydrogen) atoms. The Morgan fingerprint density at radius 2 is 0.817 bits per heavy atom. The Hall–Kier alpha value is -7.06. The van der Waals surface area contributed by atoms with Gasteiger partial charge in [-0.1, -0.05) is 166 Å². The van der Waals surface area contributed by atoms with E-state index >= 15 is 0 Å². The molecule has 1 heterocycles. The predicted molar refractivity (Wildman–Crippen MR) is 261 cm³/mol. The van der Waals surface area contributed by atoms with Crippen LogP contribution in [0.1, 0.15) is 25.0 Å². The number of benzene rings is 11. The number of fused-ring (bicyclic) bond motifs is 11. The Kier molecular flexibility index (Phi) is 7.04. The summed E-state index contributed by atoms with van der Waals surface area (Å²) in [5.74, 6) is 0. The fraction of sp³-hybridized carbons (Fsp3) is 0.0508. The quantitative estimate of drug-likeness (QED) is 0.157. The van der Waals surface area contributed by atoms with E-state index < -0.39 is 0 Å². The third-order valence-electron chi connectivity index (χ3n) is 13.6. The van der Waals surface area contributed by atoms with Crippen molar-refractivity contribution in [3.05, 3.63) is 205 Å². The van der Waals surface area contributed by atoms with E-state index in [1.54, 1.807) is 0 Å². The Bertz CT molecular complexity index is 3740. The van der Waals surface area contributed by atoms with E-state index in [2.05, 4.69) is 208 Å². The second-order valence-corrected chi connectivity index (χ2v) is 18.3. The molecule has 0 aliphatic heterocycles. The highest BCUT2D eigenvalue weighted by atomic mass is 32.1. The van der Waals surface area contributed by atoms with Crippen molar-refractivity contribution in [3.8, 4) is 44.5 Å². The summed E-state index contributed by atoms with van der Waals surface area (Å²) >= 11 is 1.93. The molecule has 11 aromatic carbocycles. The van der Waals surface area contributed by atoms with Gasteiger partial charge in [0.1, 0.15) is 0 Å². The lowest BCUT2D eigenvalue weighted by atomic mass is 9.82. The molecular formula is C59H38S. The molecule has 0 bridgehead atoms. The van der Waals surface area contributed by atoms with E-state index in [0.29, 0.717) is 0 Å². The summed E-state index contributed by atoms with van der Waals surface area (Å²) < 4.78 is 2.72. The molecule has 1 aliphatic rings. The summed E-state index contributed by atoms with van der Waals surface area (Å²) in [6.07, 6.45) is 0. The van der Waals surface area contributed by atoms with Gasteiger partial charge < -0.3 is 0 Å². The smallest absolute Gasteiger partial charge is 0.0361 e. The number of hydrogen-bond donors (Lipinski definition) is 0. The van der Waals surface area contributed by atoms with Crippen LogP contribution >= 0.6 is 11.3 Å². The largest absolute Gasteiger partial charge is 0.135 e. The maximum atomic E-state index is 2.47. The summed E-state index contributed by atoms with van der Waals surface area (Å²) in [7, 11) is 0. The molecule has 0 amide bonds. The van der Waals surface area contributed by atoms with Crippen LogP contribution < -0.4 is 0 Å². The predicted octanol–water partition coefficient (Wildman–Crippen LogP) is 17.1.